The highest BCUT2D eigenvalue weighted by atomic mass is 32.2. The molecule has 222 valence electrons. The Morgan fingerprint density at radius 1 is 0.837 bits per heavy atom. The number of para-hydroxylation sites is 2. The third-order valence-corrected chi connectivity index (χ3v) is 7.81. The maximum atomic E-state index is 13.6. The van der Waals surface area contributed by atoms with Crippen molar-refractivity contribution >= 4 is 39.4 Å². The van der Waals surface area contributed by atoms with Crippen LogP contribution in [0.3, 0.4) is 0 Å². The zero-order valence-electron chi connectivity index (χ0n) is 23.8. The first-order valence-corrected chi connectivity index (χ1v) is 14.9. The number of ether oxygens (including phenoxy) is 2. The van der Waals surface area contributed by atoms with E-state index >= 15 is 0 Å². The summed E-state index contributed by atoms with van der Waals surface area (Å²) in [5.74, 6) is -0.128. The van der Waals surface area contributed by atoms with E-state index < -0.39 is 22.5 Å². The molecule has 0 fully saturated rings. The van der Waals surface area contributed by atoms with Crippen LogP contribution in [0, 0.1) is 6.92 Å². The van der Waals surface area contributed by atoms with Crippen molar-refractivity contribution in [3.8, 4) is 11.5 Å². The van der Waals surface area contributed by atoms with Crippen LogP contribution in [0.5, 0.6) is 11.5 Å². The second-order valence-corrected chi connectivity index (χ2v) is 11.2. The van der Waals surface area contributed by atoms with Gasteiger partial charge in [0.15, 0.2) is 6.61 Å². The molecule has 4 aromatic carbocycles. The number of anilines is 2. The standard InChI is InChI=1S/C32H32N4O6S/c1-3-41-30-12-8-7-11-29(30)36(43(39,40)28-9-5-4-6-10-28)22-31(37)35-33-21-25-15-19-27(20-16-25)42-23-32(38)34-26-17-13-24(2)14-18-26/h4-21H,3,22-23H2,1-2H3,(H,34,38)(H,35,37)/b33-21-. The Labute approximate surface area is 251 Å². The van der Waals surface area contributed by atoms with E-state index in [1.54, 1.807) is 73.7 Å². The number of amides is 2. The van der Waals surface area contributed by atoms with Gasteiger partial charge in [0.1, 0.15) is 18.0 Å². The lowest BCUT2D eigenvalue weighted by molar-refractivity contribution is -0.119. The van der Waals surface area contributed by atoms with E-state index in [2.05, 4.69) is 15.8 Å². The Bertz CT molecular complexity index is 1660. The minimum absolute atomic E-state index is 0.0348. The summed E-state index contributed by atoms with van der Waals surface area (Å²) in [6.45, 7) is 3.38. The molecule has 0 saturated carbocycles. The molecule has 10 nitrogen and oxygen atoms in total. The first kappa shape index (κ1) is 30.8. The van der Waals surface area contributed by atoms with Crippen molar-refractivity contribution in [2.45, 2.75) is 18.7 Å². The van der Waals surface area contributed by atoms with Gasteiger partial charge in [-0.3, -0.25) is 13.9 Å². The first-order chi connectivity index (χ1) is 20.8. The van der Waals surface area contributed by atoms with Gasteiger partial charge < -0.3 is 14.8 Å². The fourth-order valence-corrected chi connectivity index (χ4v) is 5.39. The molecule has 43 heavy (non-hydrogen) atoms. The van der Waals surface area contributed by atoms with Gasteiger partial charge in [0, 0.05) is 5.69 Å². The molecule has 0 aliphatic heterocycles. The van der Waals surface area contributed by atoms with Crippen molar-refractivity contribution in [1.29, 1.82) is 0 Å². The van der Waals surface area contributed by atoms with Crippen molar-refractivity contribution < 1.29 is 27.5 Å². The highest BCUT2D eigenvalue weighted by Crippen LogP contribution is 2.32. The monoisotopic (exact) mass is 600 g/mol. The molecule has 4 rings (SSSR count). The lowest BCUT2D eigenvalue weighted by atomic mass is 10.2. The van der Waals surface area contributed by atoms with Gasteiger partial charge in [0.25, 0.3) is 21.8 Å². The third kappa shape index (κ3) is 8.66. The van der Waals surface area contributed by atoms with Crippen LogP contribution in [-0.2, 0) is 19.6 Å². The molecule has 0 bridgehead atoms. The molecule has 0 aromatic heterocycles. The molecule has 4 aromatic rings. The van der Waals surface area contributed by atoms with Gasteiger partial charge in [-0.1, -0.05) is 48.0 Å². The maximum Gasteiger partial charge on any atom is 0.264 e. The lowest BCUT2D eigenvalue weighted by Crippen LogP contribution is -2.39. The molecule has 0 spiro atoms. The Morgan fingerprint density at radius 2 is 1.51 bits per heavy atom. The normalized spacial score (nSPS) is 11.1. The highest BCUT2D eigenvalue weighted by molar-refractivity contribution is 7.92. The highest BCUT2D eigenvalue weighted by Gasteiger charge is 2.29. The predicted octanol–water partition coefficient (Wildman–Crippen LogP) is 4.76. The van der Waals surface area contributed by atoms with Crippen LogP contribution >= 0.6 is 0 Å². The summed E-state index contributed by atoms with van der Waals surface area (Å²) < 4.78 is 39.3. The van der Waals surface area contributed by atoms with Crippen LogP contribution < -0.4 is 24.5 Å². The predicted molar refractivity (Wildman–Crippen MR) is 166 cm³/mol. The van der Waals surface area contributed by atoms with E-state index in [1.165, 1.54) is 18.3 Å². The molecule has 0 aliphatic carbocycles. The van der Waals surface area contributed by atoms with Gasteiger partial charge >= 0.3 is 0 Å². The number of carbonyl (C=O) groups excluding carboxylic acids is 2. The fraction of sp³-hybridized carbons (Fsp3) is 0.156. The molecule has 0 atom stereocenters. The zero-order chi connectivity index (χ0) is 30.7. The second kappa shape index (κ2) is 14.6. The van der Waals surface area contributed by atoms with Crippen LogP contribution in [0.4, 0.5) is 11.4 Å². The number of hydrogen-bond donors (Lipinski definition) is 2. The van der Waals surface area contributed by atoms with Crippen LogP contribution in [0.25, 0.3) is 0 Å². The van der Waals surface area contributed by atoms with Gasteiger partial charge in [-0.15, -0.1) is 0 Å². The average Bonchev–Trinajstić information content (AvgIpc) is 3.01. The summed E-state index contributed by atoms with van der Waals surface area (Å²) in [7, 11) is -4.11. The molecule has 0 radical (unpaired) electrons. The van der Waals surface area contributed by atoms with Crippen LogP contribution in [-0.4, -0.2) is 46.2 Å². The van der Waals surface area contributed by atoms with E-state index in [0.29, 0.717) is 29.4 Å². The summed E-state index contributed by atoms with van der Waals surface area (Å²) in [5, 5.41) is 6.74. The molecule has 2 N–H and O–H groups in total. The Kier molecular flexibility index (Phi) is 10.5. The van der Waals surface area contributed by atoms with Crippen molar-refractivity contribution in [1.82, 2.24) is 5.43 Å². The third-order valence-electron chi connectivity index (χ3n) is 6.04. The molecule has 2 amide bonds. The van der Waals surface area contributed by atoms with Gasteiger partial charge in [-0.05, 0) is 80.1 Å². The number of benzene rings is 4. The number of hydrazone groups is 1. The summed E-state index contributed by atoms with van der Waals surface area (Å²) >= 11 is 0. The minimum atomic E-state index is -4.11. The van der Waals surface area contributed by atoms with E-state index in [9.17, 15) is 18.0 Å². The number of rotatable bonds is 13. The lowest BCUT2D eigenvalue weighted by Gasteiger charge is -2.25. The van der Waals surface area contributed by atoms with Crippen LogP contribution in [0.15, 0.2) is 113 Å². The molecule has 11 heteroatoms. The van der Waals surface area contributed by atoms with Gasteiger partial charge in [0.2, 0.25) is 0 Å². The molecular weight excluding hydrogens is 568 g/mol. The van der Waals surface area contributed by atoms with Crippen molar-refractivity contribution in [2.75, 3.05) is 29.4 Å². The molecule has 0 aliphatic rings. The number of nitrogens with zero attached hydrogens (tertiary/aromatic N) is 2. The smallest absolute Gasteiger partial charge is 0.264 e. The molecule has 0 saturated heterocycles. The van der Waals surface area contributed by atoms with E-state index in [4.69, 9.17) is 9.47 Å². The number of hydrogen-bond acceptors (Lipinski definition) is 7. The van der Waals surface area contributed by atoms with Gasteiger partial charge in [0.05, 0.1) is 23.4 Å². The zero-order valence-corrected chi connectivity index (χ0v) is 24.6. The first-order valence-electron chi connectivity index (χ1n) is 13.5. The van der Waals surface area contributed by atoms with Gasteiger partial charge in [-0.2, -0.15) is 5.10 Å². The van der Waals surface area contributed by atoms with Crippen molar-refractivity contribution in [2.24, 2.45) is 5.10 Å². The van der Waals surface area contributed by atoms with Crippen molar-refractivity contribution in [3.63, 3.8) is 0 Å². The largest absolute Gasteiger partial charge is 0.492 e. The summed E-state index contributed by atoms with van der Waals surface area (Å²) in [6, 6.07) is 28.7. The number of sulfonamides is 1. The summed E-state index contributed by atoms with van der Waals surface area (Å²) in [4.78, 5) is 25.1. The van der Waals surface area contributed by atoms with Crippen molar-refractivity contribution in [3.05, 3.63) is 114 Å². The maximum absolute atomic E-state index is 13.6. The van der Waals surface area contributed by atoms with E-state index in [1.807, 2.05) is 31.2 Å². The summed E-state index contributed by atoms with van der Waals surface area (Å²) in [6.07, 6.45) is 1.41. The van der Waals surface area contributed by atoms with Crippen LogP contribution in [0.2, 0.25) is 0 Å². The topological polar surface area (TPSA) is 126 Å². The summed E-state index contributed by atoms with van der Waals surface area (Å²) in [5.41, 5.74) is 5.05. The van der Waals surface area contributed by atoms with Gasteiger partial charge in [-0.25, -0.2) is 13.8 Å². The number of aryl methyl sites for hydroxylation is 1. The molecule has 0 unspecified atom stereocenters. The second-order valence-electron chi connectivity index (χ2n) is 9.29. The molecule has 0 heterocycles. The quantitative estimate of drug-likeness (QED) is 0.168. The minimum Gasteiger partial charge on any atom is -0.492 e. The van der Waals surface area contributed by atoms with E-state index in [0.717, 1.165) is 9.87 Å². The average molecular weight is 601 g/mol. The Hall–Kier alpha value is -5.16. The Balaban J connectivity index is 1.37. The fourth-order valence-electron chi connectivity index (χ4n) is 3.94. The molecular formula is C32H32N4O6S. The van der Waals surface area contributed by atoms with Crippen LogP contribution in [0.1, 0.15) is 18.1 Å². The number of carbonyl (C=O) groups is 2. The SMILES string of the molecule is CCOc1ccccc1N(CC(=O)N/N=C\c1ccc(OCC(=O)Nc2ccc(C)cc2)cc1)S(=O)(=O)c1ccccc1. The van der Waals surface area contributed by atoms with E-state index in [-0.39, 0.29) is 23.1 Å². The Morgan fingerprint density at radius 3 is 2.21 bits per heavy atom. The number of nitrogens with one attached hydrogen (secondary N) is 2.